The Kier molecular flexibility index (Phi) is 5.02. The highest BCUT2D eigenvalue weighted by Gasteiger charge is 2.19. The summed E-state index contributed by atoms with van der Waals surface area (Å²) in [4.78, 5) is 12.1. The molecule has 0 aliphatic heterocycles. The van der Waals surface area contributed by atoms with Gasteiger partial charge in [-0.25, -0.2) is 0 Å². The van der Waals surface area contributed by atoms with Gasteiger partial charge in [0, 0.05) is 12.0 Å². The van der Waals surface area contributed by atoms with Gasteiger partial charge in [-0.15, -0.1) is 0 Å². The molecule has 0 saturated carbocycles. The Morgan fingerprint density at radius 3 is 2.27 bits per heavy atom. The van der Waals surface area contributed by atoms with Gasteiger partial charge in [0.1, 0.15) is 5.75 Å². The molecule has 0 atom stereocenters. The standard InChI is InChI=1S/C20H24O2/c1-15-9-11-16(12-10-15)13-14-19(21)22-18-8-6-5-7-17(18)20(2,3)4/h5-12H,13-14H2,1-4H3. The Balaban J connectivity index is 1.99. The Morgan fingerprint density at radius 2 is 1.64 bits per heavy atom. The lowest BCUT2D eigenvalue weighted by atomic mass is 9.86. The van der Waals surface area contributed by atoms with Gasteiger partial charge in [0.15, 0.2) is 0 Å². The Morgan fingerprint density at radius 1 is 1.00 bits per heavy atom. The maximum absolute atomic E-state index is 12.1. The molecule has 0 aromatic heterocycles. The number of hydrogen-bond acceptors (Lipinski definition) is 2. The minimum Gasteiger partial charge on any atom is -0.426 e. The fourth-order valence-electron chi connectivity index (χ4n) is 2.35. The van der Waals surface area contributed by atoms with Gasteiger partial charge in [-0.1, -0.05) is 68.8 Å². The molecular formula is C20H24O2. The van der Waals surface area contributed by atoms with Crippen molar-refractivity contribution in [3.63, 3.8) is 0 Å². The third kappa shape index (κ3) is 4.45. The van der Waals surface area contributed by atoms with E-state index in [4.69, 9.17) is 4.74 Å². The number of aryl methyl sites for hydroxylation is 2. The summed E-state index contributed by atoms with van der Waals surface area (Å²) >= 11 is 0. The van der Waals surface area contributed by atoms with Crippen molar-refractivity contribution >= 4 is 5.97 Å². The first-order chi connectivity index (χ1) is 10.4. The molecule has 116 valence electrons. The van der Waals surface area contributed by atoms with Crippen LogP contribution >= 0.6 is 0 Å². The van der Waals surface area contributed by atoms with Crippen molar-refractivity contribution in [1.82, 2.24) is 0 Å². The predicted octanol–water partition coefficient (Wildman–Crippen LogP) is 4.83. The fraction of sp³-hybridized carbons (Fsp3) is 0.350. The molecule has 0 aliphatic carbocycles. The van der Waals surface area contributed by atoms with Crippen molar-refractivity contribution in [3.05, 3.63) is 65.2 Å². The van der Waals surface area contributed by atoms with Gasteiger partial charge in [0.25, 0.3) is 0 Å². The molecule has 22 heavy (non-hydrogen) atoms. The topological polar surface area (TPSA) is 26.3 Å². The number of carbonyl (C=O) groups is 1. The molecule has 2 aromatic rings. The summed E-state index contributed by atoms with van der Waals surface area (Å²) in [7, 11) is 0. The lowest BCUT2D eigenvalue weighted by molar-refractivity contribution is -0.134. The van der Waals surface area contributed by atoms with Crippen LogP contribution in [0, 0.1) is 6.92 Å². The van der Waals surface area contributed by atoms with E-state index in [0.29, 0.717) is 18.6 Å². The van der Waals surface area contributed by atoms with Gasteiger partial charge in [0.2, 0.25) is 0 Å². The minimum atomic E-state index is -0.183. The first kappa shape index (κ1) is 16.3. The summed E-state index contributed by atoms with van der Waals surface area (Å²) in [5.74, 6) is 0.487. The molecule has 0 unspecified atom stereocenters. The second-order valence-corrected chi connectivity index (χ2v) is 6.71. The first-order valence-electron chi connectivity index (χ1n) is 7.72. The molecular weight excluding hydrogens is 272 g/mol. The number of benzene rings is 2. The van der Waals surface area contributed by atoms with Crippen LogP contribution in [0.15, 0.2) is 48.5 Å². The minimum absolute atomic E-state index is 0.0478. The van der Waals surface area contributed by atoms with E-state index in [9.17, 15) is 4.79 Å². The molecule has 0 saturated heterocycles. The lowest BCUT2D eigenvalue weighted by Crippen LogP contribution is -2.16. The molecule has 0 heterocycles. The van der Waals surface area contributed by atoms with Crippen molar-refractivity contribution < 1.29 is 9.53 Å². The Labute approximate surface area is 133 Å². The monoisotopic (exact) mass is 296 g/mol. The zero-order valence-electron chi connectivity index (χ0n) is 13.8. The van der Waals surface area contributed by atoms with E-state index in [1.165, 1.54) is 5.56 Å². The molecule has 2 aromatic carbocycles. The van der Waals surface area contributed by atoms with Crippen LogP contribution in [0.5, 0.6) is 5.75 Å². The molecule has 2 heteroatoms. The molecule has 0 amide bonds. The van der Waals surface area contributed by atoms with Crippen LogP contribution in [0.25, 0.3) is 0 Å². The Bertz CT molecular complexity index is 634. The van der Waals surface area contributed by atoms with Gasteiger partial charge in [-0.05, 0) is 30.4 Å². The highest BCUT2D eigenvalue weighted by atomic mass is 16.5. The number of para-hydroxylation sites is 1. The van der Waals surface area contributed by atoms with Gasteiger partial charge >= 0.3 is 5.97 Å². The van der Waals surface area contributed by atoms with Crippen molar-refractivity contribution in [1.29, 1.82) is 0 Å². The van der Waals surface area contributed by atoms with Crippen molar-refractivity contribution in [3.8, 4) is 5.75 Å². The lowest BCUT2D eigenvalue weighted by Gasteiger charge is -2.22. The summed E-state index contributed by atoms with van der Waals surface area (Å²) < 4.78 is 5.58. The first-order valence-corrected chi connectivity index (χ1v) is 7.72. The maximum atomic E-state index is 12.1. The van der Waals surface area contributed by atoms with Crippen LogP contribution in [0.1, 0.15) is 43.9 Å². The summed E-state index contributed by atoms with van der Waals surface area (Å²) in [6.45, 7) is 8.41. The molecule has 0 radical (unpaired) electrons. The predicted molar refractivity (Wildman–Crippen MR) is 90.3 cm³/mol. The van der Waals surface area contributed by atoms with E-state index < -0.39 is 0 Å². The van der Waals surface area contributed by atoms with Crippen molar-refractivity contribution in [2.45, 2.75) is 46.0 Å². The number of ether oxygens (including phenoxy) is 1. The largest absolute Gasteiger partial charge is 0.426 e. The summed E-state index contributed by atoms with van der Waals surface area (Å²) in [6, 6.07) is 16.0. The fourth-order valence-corrected chi connectivity index (χ4v) is 2.35. The quantitative estimate of drug-likeness (QED) is 0.596. The Hall–Kier alpha value is -2.09. The average molecular weight is 296 g/mol. The van der Waals surface area contributed by atoms with Crippen LogP contribution in [0.2, 0.25) is 0 Å². The summed E-state index contributed by atoms with van der Waals surface area (Å²) in [5, 5.41) is 0. The molecule has 2 rings (SSSR count). The highest BCUT2D eigenvalue weighted by molar-refractivity contribution is 5.73. The van der Waals surface area contributed by atoms with E-state index in [1.54, 1.807) is 0 Å². The SMILES string of the molecule is Cc1ccc(CCC(=O)Oc2ccccc2C(C)(C)C)cc1. The molecule has 2 nitrogen and oxygen atoms in total. The van der Waals surface area contributed by atoms with Crippen LogP contribution in [0.4, 0.5) is 0 Å². The normalized spacial score (nSPS) is 11.3. The summed E-state index contributed by atoms with van der Waals surface area (Å²) in [6.07, 6.45) is 1.10. The number of hydrogen-bond donors (Lipinski definition) is 0. The average Bonchev–Trinajstić information content (AvgIpc) is 2.46. The van der Waals surface area contributed by atoms with Gasteiger partial charge in [-0.3, -0.25) is 4.79 Å². The number of rotatable bonds is 4. The molecule has 0 aliphatic rings. The zero-order valence-corrected chi connectivity index (χ0v) is 13.8. The smallest absolute Gasteiger partial charge is 0.311 e. The van der Waals surface area contributed by atoms with Crippen LogP contribution < -0.4 is 4.74 Å². The van der Waals surface area contributed by atoms with E-state index in [2.05, 4.69) is 52.0 Å². The molecule has 0 spiro atoms. The molecule has 0 bridgehead atoms. The van der Waals surface area contributed by atoms with E-state index in [-0.39, 0.29) is 11.4 Å². The molecule has 0 N–H and O–H groups in total. The third-order valence-electron chi connectivity index (χ3n) is 3.66. The third-order valence-corrected chi connectivity index (χ3v) is 3.66. The van der Waals surface area contributed by atoms with Crippen LogP contribution in [0.3, 0.4) is 0 Å². The van der Waals surface area contributed by atoms with Crippen LogP contribution in [-0.2, 0) is 16.6 Å². The molecule has 0 fully saturated rings. The number of esters is 1. The van der Waals surface area contributed by atoms with Gasteiger partial charge < -0.3 is 4.74 Å². The van der Waals surface area contributed by atoms with E-state index in [1.807, 2.05) is 24.3 Å². The summed E-state index contributed by atoms with van der Waals surface area (Å²) in [5.41, 5.74) is 3.39. The van der Waals surface area contributed by atoms with Gasteiger partial charge in [0.05, 0.1) is 0 Å². The van der Waals surface area contributed by atoms with E-state index in [0.717, 1.165) is 11.1 Å². The van der Waals surface area contributed by atoms with Crippen LogP contribution in [-0.4, -0.2) is 5.97 Å². The number of carbonyl (C=O) groups excluding carboxylic acids is 1. The van der Waals surface area contributed by atoms with Crippen molar-refractivity contribution in [2.24, 2.45) is 0 Å². The van der Waals surface area contributed by atoms with Gasteiger partial charge in [-0.2, -0.15) is 0 Å². The highest BCUT2D eigenvalue weighted by Crippen LogP contribution is 2.31. The van der Waals surface area contributed by atoms with E-state index >= 15 is 0 Å². The zero-order chi connectivity index (χ0) is 16.2. The van der Waals surface area contributed by atoms with Crippen molar-refractivity contribution in [2.75, 3.05) is 0 Å². The maximum Gasteiger partial charge on any atom is 0.311 e. The second-order valence-electron chi connectivity index (χ2n) is 6.71. The second kappa shape index (κ2) is 6.78.